The first-order chi connectivity index (χ1) is 7.11. The third-order valence-electron chi connectivity index (χ3n) is 1.81. The molecule has 0 aliphatic heterocycles. The van der Waals surface area contributed by atoms with Crippen molar-refractivity contribution in [3.05, 3.63) is 33.2 Å². The summed E-state index contributed by atoms with van der Waals surface area (Å²) in [5.74, 6) is 0. The molecule has 0 aromatic carbocycles. The minimum atomic E-state index is -3.03. The lowest BCUT2D eigenvalue weighted by Gasteiger charge is -2.04. The highest BCUT2D eigenvalue weighted by Crippen LogP contribution is 2.20. The van der Waals surface area contributed by atoms with Crippen molar-refractivity contribution in [1.29, 1.82) is 10.5 Å². The zero-order valence-electron chi connectivity index (χ0n) is 7.42. The summed E-state index contributed by atoms with van der Waals surface area (Å²) in [6, 6.07) is 3.25. The second kappa shape index (κ2) is 4.34. The van der Waals surface area contributed by atoms with Gasteiger partial charge in [0.25, 0.3) is 12.0 Å². The van der Waals surface area contributed by atoms with Crippen molar-refractivity contribution in [2.75, 3.05) is 0 Å². The van der Waals surface area contributed by atoms with E-state index >= 15 is 0 Å². The van der Waals surface area contributed by atoms with Crippen LogP contribution in [0.25, 0.3) is 0 Å². The Hall–Kier alpha value is -2.21. The highest BCUT2D eigenvalue weighted by atomic mass is 19.3. The van der Waals surface area contributed by atoms with E-state index in [9.17, 15) is 13.6 Å². The van der Waals surface area contributed by atoms with Crippen LogP contribution in [0, 0.1) is 22.7 Å². The molecule has 0 saturated heterocycles. The summed E-state index contributed by atoms with van der Waals surface area (Å²) < 4.78 is 24.9. The van der Waals surface area contributed by atoms with Crippen LogP contribution in [0.4, 0.5) is 8.78 Å². The molecule has 1 N–H and O–H groups in total. The molecule has 0 radical (unpaired) electrons. The van der Waals surface area contributed by atoms with Crippen molar-refractivity contribution in [1.82, 2.24) is 4.98 Å². The summed E-state index contributed by atoms with van der Waals surface area (Å²) in [7, 11) is 0. The third-order valence-corrected chi connectivity index (χ3v) is 1.81. The lowest BCUT2D eigenvalue weighted by atomic mass is 10.0. The van der Waals surface area contributed by atoms with Crippen LogP contribution in [0.5, 0.6) is 0 Å². The van der Waals surface area contributed by atoms with E-state index in [1.165, 1.54) is 6.07 Å². The van der Waals surface area contributed by atoms with Gasteiger partial charge in [0.1, 0.15) is 11.6 Å². The lowest BCUT2D eigenvalue weighted by molar-refractivity contribution is 0.149. The number of halogens is 2. The molecule has 0 bridgehead atoms. The number of nitrogens with one attached hydrogen (secondary N) is 1. The molecule has 0 unspecified atom stereocenters. The Bertz CT molecular complexity index is 508. The van der Waals surface area contributed by atoms with Gasteiger partial charge in [0.05, 0.1) is 18.1 Å². The summed E-state index contributed by atoms with van der Waals surface area (Å²) in [6.07, 6.45) is -2.11. The van der Waals surface area contributed by atoms with Gasteiger partial charge in [0.15, 0.2) is 0 Å². The van der Waals surface area contributed by atoms with Crippen LogP contribution in [-0.4, -0.2) is 4.98 Å². The van der Waals surface area contributed by atoms with Crippen LogP contribution in [0.15, 0.2) is 11.0 Å². The molecule has 0 spiro atoms. The van der Waals surface area contributed by atoms with Gasteiger partial charge in [-0.15, -0.1) is 0 Å². The third kappa shape index (κ3) is 2.00. The first-order valence-electron chi connectivity index (χ1n) is 3.91. The number of H-pyrrole nitrogens is 1. The average molecular weight is 209 g/mol. The molecule has 6 heteroatoms. The summed E-state index contributed by atoms with van der Waals surface area (Å²) in [5.41, 5.74) is -2.17. The topological polar surface area (TPSA) is 80.4 Å². The highest BCUT2D eigenvalue weighted by Gasteiger charge is 2.20. The molecule has 0 aliphatic rings. The Morgan fingerprint density at radius 3 is 2.60 bits per heavy atom. The number of nitriles is 2. The van der Waals surface area contributed by atoms with E-state index in [4.69, 9.17) is 10.5 Å². The summed E-state index contributed by atoms with van der Waals surface area (Å²) >= 11 is 0. The molecule has 1 heterocycles. The summed E-state index contributed by atoms with van der Waals surface area (Å²) in [5, 5.41) is 17.1. The number of aromatic nitrogens is 1. The number of alkyl halides is 2. The van der Waals surface area contributed by atoms with E-state index in [0.717, 1.165) is 6.20 Å². The fourth-order valence-corrected chi connectivity index (χ4v) is 1.15. The van der Waals surface area contributed by atoms with Crippen LogP contribution in [-0.2, 0) is 6.42 Å². The van der Waals surface area contributed by atoms with E-state index < -0.39 is 23.1 Å². The van der Waals surface area contributed by atoms with Gasteiger partial charge in [-0.2, -0.15) is 10.5 Å². The number of aromatic amines is 1. The maximum absolute atomic E-state index is 12.4. The second-order valence-corrected chi connectivity index (χ2v) is 2.68. The van der Waals surface area contributed by atoms with Gasteiger partial charge < -0.3 is 4.98 Å². The Morgan fingerprint density at radius 1 is 1.47 bits per heavy atom. The van der Waals surface area contributed by atoms with E-state index in [0.29, 0.717) is 0 Å². The molecule has 76 valence electrons. The number of hydrogen-bond donors (Lipinski definition) is 1. The van der Waals surface area contributed by atoms with Gasteiger partial charge in [-0.1, -0.05) is 0 Å². The van der Waals surface area contributed by atoms with Gasteiger partial charge in [0, 0.05) is 11.8 Å². The highest BCUT2D eigenvalue weighted by molar-refractivity contribution is 5.43. The summed E-state index contributed by atoms with van der Waals surface area (Å²) in [4.78, 5) is 13.1. The lowest BCUT2D eigenvalue weighted by Crippen LogP contribution is -2.16. The zero-order valence-corrected chi connectivity index (χ0v) is 7.42. The number of rotatable bonds is 2. The molecule has 4 nitrogen and oxygen atoms in total. The van der Waals surface area contributed by atoms with Crippen molar-refractivity contribution in [2.45, 2.75) is 12.8 Å². The molecule has 15 heavy (non-hydrogen) atoms. The maximum Gasteiger partial charge on any atom is 0.270 e. The number of hydrogen-bond acceptors (Lipinski definition) is 3. The van der Waals surface area contributed by atoms with Gasteiger partial charge in [-0.3, -0.25) is 4.79 Å². The molecule has 0 saturated carbocycles. The van der Waals surface area contributed by atoms with E-state index in [2.05, 4.69) is 4.98 Å². The molecule has 0 aliphatic carbocycles. The minimum absolute atomic E-state index is 0.106. The van der Waals surface area contributed by atoms with Crippen LogP contribution < -0.4 is 5.56 Å². The Labute approximate surface area is 83.4 Å². The fourth-order valence-electron chi connectivity index (χ4n) is 1.15. The van der Waals surface area contributed by atoms with Gasteiger partial charge >= 0.3 is 0 Å². The van der Waals surface area contributed by atoms with Crippen LogP contribution in [0.2, 0.25) is 0 Å². The predicted octanol–water partition coefficient (Wildman–Crippen LogP) is 1.25. The molecular weight excluding hydrogens is 204 g/mol. The van der Waals surface area contributed by atoms with Crippen molar-refractivity contribution >= 4 is 0 Å². The summed E-state index contributed by atoms with van der Waals surface area (Å²) in [6.45, 7) is 0. The number of nitrogens with zero attached hydrogens (tertiary/aromatic N) is 2. The maximum atomic E-state index is 12.4. The predicted molar refractivity (Wildman–Crippen MR) is 46.1 cm³/mol. The fraction of sp³-hybridized carbons (Fsp3) is 0.222. The Balaban J connectivity index is 3.51. The second-order valence-electron chi connectivity index (χ2n) is 2.68. The normalized spacial score (nSPS) is 9.67. The van der Waals surface area contributed by atoms with Gasteiger partial charge in [0.2, 0.25) is 0 Å². The molecule has 0 atom stereocenters. The van der Waals surface area contributed by atoms with Gasteiger partial charge in [-0.05, 0) is 0 Å². The quantitative estimate of drug-likeness (QED) is 0.795. The average Bonchev–Trinajstić information content (AvgIpc) is 2.19. The van der Waals surface area contributed by atoms with Gasteiger partial charge in [-0.25, -0.2) is 8.78 Å². The molecule has 1 rings (SSSR count). The van der Waals surface area contributed by atoms with Crippen molar-refractivity contribution in [3.63, 3.8) is 0 Å². The van der Waals surface area contributed by atoms with E-state index in [-0.39, 0.29) is 12.0 Å². The molecule has 1 aromatic rings. The minimum Gasteiger partial charge on any atom is -0.328 e. The molecule has 0 amide bonds. The van der Waals surface area contributed by atoms with Crippen molar-refractivity contribution < 1.29 is 8.78 Å². The SMILES string of the molecule is N#CCc1c[nH]c(=O)c(C(F)F)c1C#N. The van der Waals surface area contributed by atoms with Crippen LogP contribution in [0.3, 0.4) is 0 Å². The van der Waals surface area contributed by atoms with Crippen LogP contribution >= 0.6 is 0 Å². The first kappa shape index (κ1) is 10.9. The van der Waals surface area contributed by atoms with Crippen LogP contribution in [0.1, 0.15) is 23.1 Å². The van der Waals surface area contributed by atoms with E-state index in [1.54, 1.807) is 6.07 Å². The Morgan fingerprint density at radius 2 is 2.13 bits per heavy atom. The standard InChI is InChI=1S/C9H5F2N3O/c10-8(11)7-6(3-13)5(1-2-12)4-14-9(7)15/h4,8H,1H2,(H,14,15). The number of pyridine rings is 1. The first-order valence-corrected chi connectivity index (χ1v) is 3.91. The van der Waals surface area contributed by atoms with Crippen molar-refractivity contribution in [3.8, 4) is 12.1 Å². The monoisotopic (exact) mass is 209 g/mol. The molecule has 0 fully saturated rings. The molecule has 1 aromatic heterocycles. The zero-order chi connectivity index (χ0) is 11.4. The van der Waals surface area contributed by atoms with Crippen molar-refractivity contribution in [2.24, 2.45) is 0 Å². The molecular formula is C9H5F2N3O. The smallest absolute Gasteiger partial charge is 0.270 e. The van der Waals surface area contributed by atoms with E-state index in [1.807, 2.05) is 0 Å². The Kier molecular flexibility index (Phi) is 3.14. The largest absolute Gasteiger partial charge is 0.328 e.